The Balaban J connectivity index is 1.35. The molecule has 1 aromatic heterocycles. The zero-order valence-corrected chi connectivity index (χ0v) is 19.5. The number of carbonyl (C=O) groups is 2. The third-order valence-corrected chi connectivity index (χ3v) is 6.10. The fourth-order valence-corrected chi connectivity index (χ4v) is 4.43. The standard InChI is InChI=1S/C24H27F3N4O4/c1-3-35-21-20-19(11-15(2)28-21)22(33)31(23(20)34)14-18(32)13-29-7-9-30(10-8-29)17-6-4-5-16(12-17)24(25,26)27/h4-6,11-12,18,32H,3,7-10,13-14H2,1-2H3. The Morgan fingerprint density at radius 1 is 1.09 bits per heavy atom. The number of halogens is 3. The number of aliphatic hydroxyl groups excluding tert-OH is 1. The zero-order chi connectivity index (χ0) is 25.3. The Kier molecular flexibility index (Phi) is 7.00. The monoisotopic (exact) mass is 492 g/mol. The molecule has 2 aliphatic heterocycles. The molecule has 0 saturated carbocycles. The van der Waals surface area contributed by atoms with E-state index in [4.69, 9.17) is 4.74 Å². The second kappa shape index (κ2) is 9.82. The molecule has 4 rings (SSSR count). The Hall–Kier alpha value is -3.18. The number of β-amino-alcohol motifs (C(OH)–C–C–N with tert-alkyl or cyclic N) is 1. The molecule has 1 unspecified atom stereocenters. The van der Waals surface area contributed by atoms with Crippen molar-refractivity contribution in [1.29, 1.82) is 0 Å². The number of aryl methyl sites for hydroxylation is 1. The normalized spacial score (nSPS) is 17.7. The van der Waals surface area contributed by atoms with Gasteiger partial charge in [0.25, 0.3) is 11.8 Å². The Labute approximate surface area is 200 Å². The summed E-state index contributed by atoms with van der Waals surface area (Å²) in [6.07, 6.45) is -5.38. The van der Waals surface area contributed by atoms with E-state index in [0.29, 0.717) is 44.2 Å². The number of aliphatic hydroxyl groups is 1. The lowest BCUT2D eigenvalue weighted by molar-refractivity contribution is -0.137. The molecule has 35 heavy (non-hydrogen) atoms. The number of carbonyl (C=O) groups excluding carboxylic acids is 2. The number of nitrogens with zero attached hydrogens (tertiary/aromatic N) is 4. The molecule has 2 aliphatic rings. The summed E-state index contributed by atoms with van der Waals surface area (Å²) in [5.74, 6) is -0.928. The molecule has 2 aromatic rings. The van der Waals surface area contributed by atoms with Crippen molar-refractivity contribution in [3.8, 4) is 5.88 Å². The Morgan fingerprint density at radius 2 is 1.80 bits per heavy atom. The predicted molar refractivity (Wildman–Crippen MR) is 122 cm³/mol. The molecule has 11 heteroatoms. The van der Waals surface area contributed by atoms with Gasteiger partial charge in [-0.15, -0.1) is 0 Å². The molecule has 1 aromatic carbocycles. The fourth-order valence-electron chi connectivity index (χ4n) is 4.43. The average molecular weight is 492 g/mol. The number of hydrogen-bond acceptors (Lipinski definition) is 7. The number of benzene rings is 1. The van der Waals surface area contributed by atoms with E-state index in [-0.39, 0.29) is 30.1 Å². The molecule has 1 fully saturated rings. The van der Waals surface area contributed by atoms with Gasteiger partial charge in [-0.05, 0) is 38.1 Å². The third kappa shape index (κ3) is 5.25. The average Bonchev–Trinajstić information content (AvgIpc) is 3.04. The minimum Gasteiger partial charge on any atom is -0.477 e. The van der Waals surface area contributed by atoms with Crippen molar-refractivity contribution >= 4 is 17.5 Å². The Bertz CT molecular complexity index is 1120. The highest BCUT2D eigenvalue weighted by molar-refractivity contribution is 6.22. The highest BCUT2D eigenvalue weighted by atomic mass is 19.4. The first-order valence-electron chi connectivity index (χ1n) is 11.4. The number of amides is 2. The summed E-state index contributed by atoms with van der Waals surface area (Å²) >= 11 is 0. The number of hydrogen-bond donors (Lipinski definition) is 1. The fraction of sp³-hybridized carbons (Fsp3) is 0.458. The van der Waals surface area contributed by atoms with Gasteiger partial charge < -0.3 is 14.7 Å². The topological polar surface area (TPSA) is 86.2 Å². The summed E-state index contributed by atoms with van der Waals surface area (Å²) in [5.41, 5.74) is 0.693. The summed E-state index contributed by atoms with van der Waals surface area (Å²) in [4.78, 5) is 34.8. The number of fused-ring (bicyclic) bond motifs is 1. The highest BCUT2D eigenvalue weighted by Gasteiger charge is 2.40. The summed E-state index contributed by atoms with van der Waals surface area (Å²) in [7, 11) is 0. The van der Waals surface area contributed by atoms with Gasteiger partial charge in [0.1, 0.15) is 5.56 Å². The van der Waals surface area contributed by atoms with Gasteiger partial charge in [-0.1, -0.05) is 6.07 Å². The number of alkyl halides is 3. The van der Waals surface area contributed by atoms with Crippen molar-refractivity contribution in [2.45, 2.75) is 26.1 Å². The summed E-state index contributed by atoms with van der Waals surface area (Å²) < 4.78 is 44.5. The van der Waals surface area contributed by atoms with E-state index in [1.807, 2.05) is 9.80 Å². The van der Waals surface area contributed by atoms with Crippen molar-refractivity contribution in [2.24, 2.45) is 0 Å². The molecule has 188 valence electrons. The number of pyridine rings is 1. The first-order valence-corrected chi connectivity index (χ1v) is 11.4. The second-order valence-electron chi connectivity index (χ2n) is 8.63. The molecule has 0 bridgehead atoms. The Morgan fingerprint density at radius 3 is 2.46 bits per heavy atom. The van der Waals surface area contributed by atoms with E-state index in [1.54, 1.807) is 19.9 Å². The minimum atomic E-state index is -4.40. The van der Waals surface area contributed by atoms with Gasteiger partial charge in [0.05, 0.1) is 30.4 Å². The van der Waals surface area contributed by atoms with Gasteiger partial charge in [0.15, 0.2) is 0 Å². The van der Waals surface area contributed by atoms with Gasteiger partial charge in [-0.25, -0.2) is 4.98 Å². The number of rotatable bonds is 7. The van der Waals surface area contributed by atoms with Crippen LogP contribution in [0.4, 0.5) is 18.9 Å². The van der Waals surface area contributed by atoms with Crippen LogP contribution < -0.4 is 9.64 Å². The summed E-state index contributed by atoms with van der Waals surface area (Å²) in [5, 5.41) is 10.6. The van der Waals surface area contributed by atoms with Crippen LogP contribution >= 0.6 is 0 Å². The predicted octanol–water partition coefficient (Wildman–Crippen LogP) is 2.59. The van der Waals surface area contributed by atoms with Crippen molar-refractivity contribution < 1.29 is 32.6 Å². The minimum absolute atomic E-state index is 0.114. The van der Waals surface area contributed by atoms with E-state index >= 15 is 0 Å². The number of aromatic nitrogens is 1. The molecule has 8 nitrogen and oxygen atoms in total. The van der Waals surface area contributed by atoms with Crippen molar-refractivity contribution in [3.05, 3.63) is 52.7 Å². The van der Waals surface area contributed by atoms with Crippen LogP contribution in [0.5, 0.6) is 5.88 Å². The van der Waals surface area contributed by atoms with Crippen LogP contribution in [0.2, 0.25) is 0 Å². The maximum absolute atomic E-state index is 13.0. The van der Waals surface area contributed by atoms with Crippen LogP contribution in [0.25, 0.3) is 0 Å². The van der Waals surface area contributed by atoms with E-state index in [0.717, 1.165) is 17.0 Å². The van der Waals surface area contributed by atoms with Crippen LogP contribution in [-0.4, -0.2) is 83.7 Å². The van der Waals surface area contributed by atoms with Crippen LogP contribution in [0, 0.1) is 6.92 Å². The molecule has 0 radical (unpaired) electrons. The SMILES string of the molecule is CCOc1nc(C)cc2c1C(=O)N(CC(O)CN1CCN(c3cccc(C(F)(F)F)c3)CC1)C2=O. The molecule has 0 spiro atoms. The zero-order valence-electron chi connectivity index (χ0n) is 19.5. The van der Waals surface area contributed by atoms with E-state index < -0.39 is 29.7 Å². The number of anilines is 1. The molecule has 2 amide bonds. The third-order valence-electron chi connectivity index (χ3n) is 6.10. The quantitative estimate of drug-likeness (QED) is 0.595. The first kappa shape index (κ1) is 24.9. The van der Waals surface area contributed by atoms with Crippen LogP contribution in [0.15, 0.2) is 30.3 Å². The molecule has 3 heterocycles. The van der Waals surface area contributed by atoms with Gasteiger partial charge in [0, 0.05) is 44.1 Å². The number of imide groups is 1. The molecule has 0 aliphatic carbocycles. The van der Waals surface area contributed by atoms with Gasteiger partial charge in [0.2, 0.25) is 5.88 Å². The molecular formula is C24H27F3N4O4. The van der Waals surface area contributed by atoms with Gasteiger partial charge in [-0.3, -0.25) is 19.4 Å². The largest absolute Gasteiger partial charge is 0.477 e. The molecule has 1 saturated heterocycles. The molecule has 1 atom stereocenters. The lowest BCUT2D eigenvalue weighted by Gasteiger charge is -2.37. The highest BCUT2D eigenvalue weighted by Crippen LogP contribution is 2.32. The second-order valence-corrected chi connectivity index (χ2v) is 8.63. The summed E-state index contributed by atoms with van der Waals surface area (Å²) in [6, 6.07) is 6.76. The smallest absolute Gasteiger partial charge is 0.416 e. The maximum Gasteiger partial charge on any atom is 0.416 e. The van der Waals surface area contributed by atoms with Gasteiger partial charge in [-0.2, -0.15) is 13.2 Å². The summed E-state index contributed by atoms with van der Waals surface area (Å²) in [6.45, 7) is 5.82. The van der Waals surface area contributed by atoms with Gasteiger partial charge >= 0.3 is 6.18 Å². The maximum atomic E-state index is 13.0. The van der Waals surface area contributed by atoms with Crippen molar-refractivity contribution in [1.82, 2.24) is 14.8 Å². The van der Waals surface area contributed by atoms with Crippen molar-refractivity contribution in [3.63, 3.8) is 0 Å². The van der Waals surface area contributed by atoms with Crippen molar-refractivity contribution in [2.75, 3.05) is 50.8 Å². The number of piperazine rings is 1. The molecule has 1 N–H and O–H groups in total. The van der Waals surface area contributed by atoms with E-state index in [1.165, 1.54) is 12.1 Å². The number of ether oxygens (including phenoxy) is 1. The lowest BCUT2D eigenvalue weighted by Crippen LogP contribution is -2.50. The van der Waals surface area contributed by atoms with Crippen LogP contribution in [0.1, 0.15) is 38.9 Å². The first-order chi connectivity index (χ1) is 16.6. The van der Waals surface area contributed by atoms with E-state index in [2.05, 4.69) is 4.98 Å². The lowest BCUT2D eigenvalue weighted by atomic mass is 10.1. The molecular weight excluding hydrogens is 465 g/mol. The van der Waals surface area contributed by atoms with Crippen LogP contribution in [0.3, 0.4) is 0 Å². The van der Waals surface area contributed by atoms with E-state index in [9.17, 15) is 27.9 Å². The van der Waals surface area contributed by atoms with Crippen LogP contribution in [-0.2, 0) is 6.18 Å².